The molecule has 0 fully saturated rings. The average Bonchev–Trinajstić information content (AvgIpc) is 3.31. The summed E-state index contributed by atoms with van der Waals surface area (Å²) in [6, 6.07) is 14.2. The minimum Gasteiger partial charge on any atom is -0.352 e. The lowest BCUT2D eigenvalue weighted by molar-refractivity contribution is -0.132. The average molecular weight is 448 g/mol. The zero-order valence-electron chi connectivity index (χ0n) is 18.5. The second-order valence-corrected chi connectivity index (χ2v) is 9.30. The number of nitrogens with zero attached hydrogens (tertiary/aromatic N) is 2. The number of aromatic nitrogens is 1. The van der Waals surface area contributed by atoms with Crippen LogP contribution in [0.4, 0.5) is 0 Å². The fourth-order valence-electron chi connectivity index (χ4n) is 4.24. The zero-order valence-corrected chi connectivity index (χ0v) is 19.3. The van der Waals surface area contributed by atoms with E-state index in [1.54, 1.807) is 11.3 Å². The number of carbonyl (C=O) groups is 2. The van der Waals surface area contributed by atoms with Gasteiger partial charge in [-0.2, -0.15) is 0 Å². The molecule has 0 bridgehead atoms. The molecule has 0 saturated carbocycles. The number of nitrogens with one attached hydrogen (secondary N) is 1. The molecule has 1 aromatic carbocycles. The number of pyridine rings is 1. The monoisotopic (exact) mass is 447 g/mol. The lowest BCUT2D eigenvalue weighted by Gasteiger charge is -2.30. The Morgan fingerprint density at radius 1 is 1.16 bits per heavy atom. The van der Waals surface area contributed by atoms with Gasteiger partial charge in [0.25, 0.3) is 0 Å². The maximum Gasteiger partial charge on any atom is 0.225 e. The Morgan fingerprint density at radius 3 is 2.78 bits per heavy atom. The van der Waals surface area contributed by atoms with Crippen LogP contribution in [-0.4, -0.2) is 28.2 Å². The molecule has 0 unspecified atom stereocenters. The van der Waals surface area contributed by atoms with Gasteiger partial charge in [-0.05, 0) is 59.9 Å². The van der Waals surface area contributed by atoms with E-state index in [9.17, 15) is 9.59 Å². The molecule has 2 amide bonds. The summed E-state index contributed by atoms with van der Waals surface area (Å²) in [5, 5.41) is 5.04. The Labute approximate surface area is 193 Å². The van der Waals surface area contributed by atoms with Crippen molar-refractivity contribution in [3.05, 3.63) is 86.9 Å². The number of thiophene rings is 1. The largest absolute Gasteiger partial charge is 0.352 e. The van der Waals surface area contributed by atoms with Crippen LogP contribution in [-0.2, 0) is 41.9 Å². The van der Waals surface area contributed by atoms with E-state index in [-0.39, 0.29) is 11.8 Å². The summed E-state index contributed by atoms with van der Waals surface area (Å²) in [7, 11) is 0. The number of rotatable bonds is 8. The third kappa shape index (κ3) is 5.62. The van der Waals surface area contributed by atoms with Crippen LogP contribution in [0.15, 0.2) is 54.0 Å². The van der Waals surface area contributed by atoms with Gasteiger partial charge in [-0.25, -0.2) is 0 Å². The smallest absolute Gasteiger partial charge is 0.225 e. The van der Waals surface area contributed by atoms with Crippen molar-refractivity contribution >= 4 is 23.2 Å². The molecule has 6 heteroatoms. The summed E-state index contributed by atoms with van der Waals surface area (Å²) in [6.07, 6.45) is 5.46. The molecule has 3 aromatic rings. The third-order valence-corrected chi connectivity index (χ3v) is 6.90. The second-order valence-electron chi connectivity index (χ2n) is 8.26. The van der Waals surface area contributed by atoms with E-state index in [1.807, 2.05) is 53.7 Å². The minimum atomic E-state index is 0.0236. The normalized spacial score (nSPS) is 13.0. The Kier molecular flexibility index (Phi) is 7.32. The Hall–Kier alpha value is -2.99. The topological polar surface area (TPSA) is 62.3 Å². The van der Waals surface area contributed by atoms with Gasteiger partial charge in [-0.3, -0.25) is 14.6 Å². The summed E-state index contributed by atoms with van der Waals surface area (Å²) < 4.78 is 0. The van der Waals surface area contributed by atoms with E-state index >= 15 is 0 Å². The van der Waals surface area contributed by atoms with Crippen LogP contribution in [0.2, 0.25) is 0 Å². The molecular weight excluding hydrogens is 418 g/mol. The van der Waals surface area contributed by atoms with Crippen LogP contribution in [0, 0.1) is 6.92 Å². The maximum absolute atomic E-state index is 12.8. The van der Waals surface area contributed by atoms with E-state index in [0.717, 1.165) is 47.5 Å². The van der Waals surface area contributed by atoms with Crippen LogP contribution in [0.25, 0.3) is 0 Å². The predicted octanol–water partition coefficient (Wildman–Crippen LogP) is 4.22. The van der Waals surface area contributed by atoms with Crippen LogP contribution in [0.3, 0.4) is 0 Å². The summed E-state index contributed by atoms with van der Waals surface area (Å²) >= 11 is 1.60. The first kappa shape index (κ1) is 22.2. The van der Waals surface area contributed by atoms with Crippen LogP contribution in [0.5, 0.6) is 0 Å². The SMILES string of the molecule is Cc1ncc2c(c1CNC(=O)Cc1cccs1)CCN(C(=O)CCCc1ccccc1)C2. The number of hydrogen-bond donors (Lipinski definition) is 1. The number of aryl methyl sites for hydroxylation is 2. The first-order chi connectivity index (χ1) is 15.6. The molecule has 0 saturated heterocycles. The summed E-state index contributed by atoms with van der Waals surface area (Å²) in [5.41, 5.74) is 5.65. The van der Waals surface area contributed by atoms with E-state index in [2.05, 4.69) is 22.4 Å². The minimum absolute atomic E-state index is 0.0236. The van der Waals surface area contributed by atoms with Crippen molar-refractivity contribution in [3.63, 3.8) is 0 Å². The molecule has 1 N–H and O–H groups in total. The highest BCUT2D eigenvalue weighted by molar-refractivity contribution is 7.10. The van der Waals surface area contributed by atoms with Gasteiger partial charge in [0, 0.05) is 42.8 Å². The highest BCUT2D eigenvalue weighted by Gasteiger charge is 2.23. The molecule has 0 radical (unpaired) electrons. The van der Waals surface area contributed by atoms with Crippen molar-refractivity contribution in [2.24, 2.45) is 0 Å². The van der Waals surface area contributed by atoms with E-state index in [4.69, 9.17) is 0 Å². The van der Waals surface area contributed by atoms with Crippen molar-refractivity contribution < 1.29 is 9.59 Å². The molecule has 4 rings (SSSR count). The van der Waals surface area contributed by atoms with Gasteiger partial charge in [0.2, 0.25) is 11.8 Å². The molecule has 32 heavy (non-hydrogen) atoms. The fraction of sp³-hybridized carbons (Fsp3) is 0.346. The zero-order chi connectivity index (χ0) is 22.3. The molecule has 0 atom stereocenters. The molecule has 5 nitrogen and oxygen atoms in total. The molecule has 166 valence electrons. The van der Waals surface area contributed by atoms with Crippen molar-refractivity contribution in [2.45, 2.75) is 52.1 Å². The van der Waals surface area contributed by atoms with Gasteiger partial charge >= 0.3 is 0 Å². The van der Waals surface area contributed by atoms with Crippen molar-refractivity contribution in [1.29, 1.82) is 0 Å². The van der Waals surface area contributed by atoms with Gasteiger partial charge in [0.1, 0.15) is 0 Å². The van der Waals surface area contributed by atoms with Crippen molar-refractivity contribution in [2.75, 3.05) is 6.54 Å². The number of hydrogen-bond acceptors (Lipinski definition) is 4. The number of amides is 2. The van der Waals surface area contributed by atoms with Gasteiger partial charge in [-0.1, -0.05) is 36.4 Å². The highest BCUT2D eigenvalue weighted by Crippen LogP contribution is 2.24. The summed E-state index contributed by atoms with van der Waals surface area (Å²) in [6.45, 7) is 3.79. The number of carbonyl (C=O) groups excluding carboxylic acids is 2. The van der Waals surface area contributed by atoms with Gasteiger partial charge in [0.15, 0.2) is 0 Å². The number of fused-ring (bicyclic) bond motifs is 1. The second kappa shape index (κ2) is 10.6. The lowest BCUT2D eigenvalue weighted by atomic mass is 9.94. The molecule has 2 aromatic heterocycles. The Bertz CT molecular complexity index is 1060. The van der Waals surface area contributed by atoms with Gasteiger partial charge in [-0.15, -0.1) is 11.3 Å². The Morgan fingerprint density at radius 2 is 2.00 bits per heavy atom. The van der Waals surface area contributed by atoms with Gasteiger partial charge < -0.3 is 10.2 Å². The standard InChI is InChI=1S/C26H29N3O2S/c1-19-24(17-28-25(30)15-22-10-6-14-32-22)23-12-13-29(18-21(23)16-27-19)26(31)11-5-9-20-7-3-2-4-8-20/h2-4,6-8,10,14,16H,5,9,11-13,15,17-18H2,1H3,(H,28,30). The van der Waals surface area contributed by atoms with Crippen molar-refractivity contribution in [1.82, 2.24) is 15.2 Å². The predicted molar refractivity (Wildman–Crippen MR) is 127 cm³/mol. The van der Waals surface area contributed by atoms with Gasteiger partial charge in [0.05, 0.1) is 6.42 Å². The highest BCUT2D eigenvalue weighted by atomic mass is 32.1. The van der Waals surface area contributed by atoms with E-state index < -0.39 is 0 Å². The first-order valence-electron chi connectivity index (χ1n) is 11.2. The van der Waals surface area contributed by atoms with Crippen LogP contribution < -0.4 is 5.32 Å². The quantitative estimate of drug-likeness (QED) is 0.562. The Balaban J connectivity index is 1.33. The molecule has 0 spiro atoms. The lowest BCUT2D eigenvalue weighted by Crippen LogP contribution is -2.37. The summed E-state index contributed by atoms with van der Waals surface area (Å²) in [4.78, 5) is 32.7. The van der Waals surface area contributed by atoms with E-state index in [1.165, 1.54) is 11.1 Å². The van der Waals surface area contributed by atoms with Crippen molar-refractivity contribution in [3.8, 4) is 0 Å². The van der Waals surface area contributed by atoms with Crippen LogP contribution >= 0.6 is 11.3 Å². The first-order valence-corrected chi connectivity index (χ1v) is 12.0. The fourth-order valence-corrected chi connectivity index (χ4v) is 4.94. The third-order valence-electron chi connectivity index (χ3n) is 6.02. The molecular formula is C26H29N3O2S. The molecule has 3 heterocycles. The maximum atomic E-state index is 12.8. The number of benzene rings is 1. The summed E-state index contributed by atoms with van der Waals surface area (Å²) in [5.74, 6) is 0.230. The molecule has 0 aliphatic carbocycles. The molecule has 1 aliphatic rings. The molecule has 1 aliphatic heterocycles. The van der Waals surface area contributed by atoms with Crippen LogP contribution in [0.1, 0.15) is 45.7 Å². The van der Waals surface area contributed by atoms with E-state index in [0.29, 0.717) is 25.9 Å².